The first-order chi connectivity index (χ1) is 7.81. The number of H-pyrrole nitrogens is 1. The summed E-state index contributed by atoms with van der Waals surface area (Å²) in [6.45, 7) is 0.566. The molecule has 1 aromatic carbocycles. The topological polar surface area (TPSA) is 44.9 Å². The molecule has 2 rings (SSSR count). The van der Waals surface area contributed by atoms with Gasteiger partial charge in [-0.1, -0.05) is 18.2 Å². The number of rotatable bonds is 4. The highest BCUT2D eigenvalue weighted by Crippen LogP contribution is 2.17. The molecule has 0 radical (unpaired) electrons. The van der Waals surface area contributed by atoms with Gasteiger partial charge in [-0.25, -0.2) is 0 Å². The monoisotopic (exact) mass is 234 g/mol. The number of aromatic nitrogens is 1. The molecule has 3 nitrogen and oxygen atoms in total. The lowest BCUT2D eigenvalue weighted by Crippen LogP contribution is -2.22. The van der Waals surface area contributed by atoms with E-state index in [-0.39, 0.29) is 5.91 Å². The van der Waals surface area contributed by atoms with E-state index < -0.39 is 0 Å². The first kappa shape index (κ1) is 11.1. The van der Waals surface area contributed by atoms with Gasteiger partial charge in [-0.3, -0.25) is 4.79 Å². The highest BCUT2D eigenvalue weighted by atomic mass is 32.1. The van der Waals surface area contributed by atoms with Gasteiger partial charge in [-0.05, 0) is 17.4 Å². The second-order valence-corrected chi connectivity index (χ2v) is 4.06. The number of nitrogens with one attached hydrogen (secondary N) is 2. The SMILES string of the molecule is O=C(CCS)NCc1c[nH]c2ccccc12. The van der Waals surface area contributed by atoms with Crippen LogP contribution < -0.4 is 5.32 Å². The van der Waals surface area contributed by atoms with Crippen molar-refractivity contribution < 1.29 is 4.79 Å². The van der Waals surface area contributed by atoms with Crippen LogP contribution in [0.2, 0.25) is 0 Å². The van der Waals surface area contributed by atoms with E-state index in [1.807, 2.05) is 30.5 Å². The van der Waals surface area contributed by atoms with Gasteiger partial charge >= 0.3 is 0 Å². The van der Waals surface area contributed by atoms with Crippen molar-refractivity contribution in [1.29, 1.82) is 0 Å². The third kappa shape index (κ3) is 2.39. The number of carbonyl (C=O) groups excluding carboxylic acids is 1. The quantitative estimate of drug-likeness (QED) is 0.697. The smallest absolute Gasteiger partial charge is 0.221 e. The van der Waals surface area contributed by atoms with Crippen molar-refractivity contribution >= 4 is 29.4 Å². The summed E-state index contributed by atoms with van der Waals surface area (Å²) in [7, 11) is 0. The van der Waals surface area contributed by atoms with Crippen LogP contribution in [-0.4, -0.2) is 16.6 Å². The Labute approximate surface area is 99.6 Å². The lowest BCUT2D eigenvalue weighted by Gasteiger charge is -2.02. The molecule has 0 bridgehead atoms. The summed E-state index contributed by atoms with van der Waals surface area (Å²) in [6.07, 6.45) is 2.40. The average molecular weight is 234 g/mol. The fourth-order valence-electron chi connectivity index (χ4n) is 1.66. The number of para-hydroxylation sites is 1. The summed E-state index contributed by atoms with van der Waals surface area (Å²) < 4.78 is 0. The van der Waals surface area contributed by atoms with E-state index in [1.54, 1.807) is 0 Å². The summed E-state index contributed by atoms with van der Waals surface area (Å²) >= 11 is 4.02. The molecule has 1 heterocycles. The first-order valence-electron chi connectivity index (χ1n) is 5.24. The molecule has 0 spiro atoms. The standard InChI is InChI=1S/C12H14N2OS/c15-12(5-6-16)14-8-9-7-13-11-4-2-1-3-10(9)11/h1-4,7,13,16H,5-6,8H2,(H,14,15). The second kappa shape index (κ2) is 5.07. The third-order valence-electron chi connectivity index (χ3n) is 2.49. The molecule has 0 saturated heterocycles. The molecule has 16 heavy (non-hydrogen) atoms. The van der Waals surface area contributed by atoms with Crippen LogP contribution in [0.3, 0.4) is 0 Å². The first-order valence-corrected chi connectivity index (χ1v) is 5.87. The predicted octanol–water partition coefficient (Wildman–Crippen LogP) is 2.10. The minimum atomic E-state index is 0.0419. The van der Waals surface area contributed by atoms with E-state index in [0.29, 0.717) is 18.7 Å². The van der Waals surface area contributed by atoms with Crippen molar-refractivity contribution in [2.24, 2.45) is 0 Å². The van der Waals surface area contributed by atoms with Gasteiger partial charge in [0.2, 0.25) is 5.91 Å². The van der Waals surface area contributed by atoms with Gasteiger partial charge < -0.3 is 10.3 Å². The Morgan fingerprint density at radius 2 is 2.19 bits per heavy atom. The highest BCUT2D eigenvalue weighted by Gasteiger charge is 2.04. The number of amides is 1. The summed E-state index contributed by atoms with van der Waals surface area (Å²) in [5.74, 6) is 0.625. The van der Waals surface area contributed by atoms with Crippen LogP contribution in [0.4, 0.5) is 0 Å². The third-order valence-corrected chi connectivity index (χ3v) is 2.71. The lowest BCUT2D eigenvalue weighted by molar-refractivity contribution is -0.120. The van der Waals surface area contributed by atoms with Gasteiger partial charge in [0.05, 0.1) is 0 Å². The van der Waals surface area contributed by atoms with Gasteiger partial charge in [-0.15, -0.1) is 0 Å². The maximum Gasteiger partial charge on any atom is 0.221 e. The van der Waals surface area contributed by atoms with Gasteiger partial charge in [0, 0.05) is 30.1 Å². The normalized spacial score (nSPS) is 10.6. The number of hydrogen-bond acceptors (Lipinski definition) is 2. The average Bonchev–Trinajstić information content (AvgIpc) is 2.70. The molecule has 4 heteroatoms. The van der Waals surface area contributed by atoms with Gasteiger partial charge in [0.15, 0.2) is 0 Å². The summed E-state index contributed by atoms with van der Waals surface area (Å²) in [5, 5.41) is 4.03. The zero-order valence-corrected chi connectivity index (χ0v) is 9.76. The van der Waals surface area contributed by atoms with Crippen molar-refractivity contribution in [2.75, 3.05) is 5.75 Å². The van der Waals surface area contributed by atoms with Crippen LogP contribution in [0.5, 0.6) is 0 Å². The van der Waals surface area contributed by atoms with E-state index in [9.17, 15) is 4.79 Å². The van der Waals surface area contributed by atoms with Crippen LogP contribution in [-0.2, 0) is 11.3 Å². The Hall–Kier alpha value is -1.42. The summed E-state index contributed by atoms with van der Waals surface area (Å²) in [6, 6.07) is 8.05. The minimum Gasteiger partial charge on any atom is -0.361 e. The van der Waals surface area contributed by atoms with Crippen molar-refractivity contribution in [2.45, 2.75) is 13.0 Å². The van der Waals surface area contributed by atoms with E-state index in [0.717, 1.165) is 16.5 Å². The Bertz CT molecular complexity index is 492. The Morgan fingerprint density at radius 1 is 1.38 bits per heavy atom. The zero-order chi connectivity index (χ0) is 11.4. The molecule has 0 aliphatic carbocycles. The number of aromatic amines is 1. The van der Waals surface area contributed by atoms with Crippen molar-refractivity contribution in [3.8, 4) is 0 Å². The molecule has 0 fully saturated rings. The largest absolute Gasteiger partial charge is 0.361 e. The van der Waals surface area contributed by atoms with Crippen LogP contribution in [0.1, 0.15) is 12.0 Å². The summed E-state index contributed by atoms with van der Waals surface area (Å²) in [4.78, 5) is 14.5. The van der Waals surface area contributed by atoms with Crippen molar-refractivity contribution in [1.82, 2.24) is 10.3 Å². The van der Waals surface area contributed by atoms with E-state index >= 15 is 0 Å². The maximum atomic E-state index is 11.3. The van der Waals surface area contributed by atoms with Crippen molar-refractivity contribution in [3.05, 3.63) is 36.0 Å². The van der Waals surface area contributed by atoms with Crippen LogP contribution in [0.15, 0.2) is 30.5 Å². The molecular weight excluding hydrogens is 220 g/mol. The molecule has 84 valence electrons. The molecule has 0 aliphatic rings. The predicted molar refractivity (Wildman–Crippen MR) is 68.6 cm³/mol. The zero-order valence-electron chi connectivity index (χ0n) is 8.86. The van der Waals surface area contributed by atoms with Crippen LogP contribution >= 0.6 is 12.6 Å². The number of fused-ring (bicyclic) bond motifs is 1. The summed E-state index contributed by atoms with van der Waals surface area (Å²) in [5.41, 5.74) is 2.21. The molecule has 0 atom stereocenters. The maximum absolute atomic E-state index is 11.3. The fourth-order valence-corrected chi connectivity index (χ4v) is 1.86. The van der Waals surface area contributed by atoms with Gasteiger partial charge in [-0.2, -0.15) is 12.6 Å². The van der Waals surface area contributed by atoms with Gasteiger partial charge in [0.1, 0.15) is 0 Å². The number of thiol groups is 1. The molecule has 0 aliphatic heterocycles. The second-order valence-electron chi connectivity index (χ2n) is 3.61. The molecule has 0 saturated carbocycles. The Balaban J connectivity index is 2.07. The van der Waals surface area contributed by atoms with E-state index in [1.165, 1.54) is 0 Å². The minimum absolute atomic E-state index is 0.0419. The molecular formula is C12H14N2OS. The number of benzene rings is 1. The molecule has 0 unspecified atom stereocenters. The molecule has 1 aromatic heterocycles. The fraction of sp³-hybridized carbons (Fsp3) is 0.250. The lowest BCUT2D eigenvalue weighted by atomic mass is 10.2. The van der Waals surface area contributed by atoms with Crippen molar-refractivity contribution in [3.63, 3.8) is 0 Å². The molecule has 1 amide bonds. The van der Waals surface area contributed by atoms with E-state index in [4.69, 9.17) is 0 Å². The molecule has 2 N–H and O–H groups in total. The number of carbonyl (C=O) groups is 1. The van der Waals surface area contributed by atoms with Crippen LogP contribution in [0.25, 0.3) is 10.9 Å². The van der Waals surface area contributed by atoms with Crippen LogP contribution in [0, 0.1) is 0 Å². The van der Waals surface area contributed by atoms with Gasteiger partial charge in [0.25, 0.3) is 0 Å². The Morgan fingerprint density at radius 3 is 3.00 bits per heavy atom. The van der Waals surface area contributed by atoms with E-state index in [2.05, 4.69) is 22.9 Å². The molecule has 2 aromatic rings. The number of hydrogen-bond donors (Lipinski definition) is 3. The Kier molecular flexibility index (Phi) is 3.51. The highest BCUT2D eigenvalue weighted by molar-refractivity contribution is 7.80.